The number of aromatic hydroxyl groups is 1. The number of rotatable bonds is 4. The molecule has 4 nitrogen and oxygen atoms in total. The van der Waals surface area contributed by atoms with Gasteiger partial charge < -0.3 is 9.84 Å². The average Bonchev–Trinajstić information content (AvgIpc) is 2.44. The number of nitrogens with zero attached hydrogens (tertiary/aromatic N) is 1. The van der Waals surface area contributed by atoms with Crippen LogP contribution in [0.15, 0.2) is 46.0 Å². The number of benzene rings is 2. The Bertz CT molecular complexity index is 630. The fourth-order valence-electron chi connectivity index (χ4n) is 1.53. The van der Waals surface area contributed by atoms with E-state index in [9.17, 15) is 5.11 Å². The van der Waals surface area contributed by atoms with Gasteiger partial charge in [0.2, 0.25) is 0 Å². The summed E-state index contributed by atoms with van der Waals surface area (Å²) in [6.45, 7) is 0. The third kappa shape index (κ3) is 3.65. The van der Waals surface area contributed by atoms with E-state index in [-0.39, 0.29) is 5.75 Å². The molecule has 6 heteroatoms. The smallest absolute Gasteiger partial charge is 0.172 e. The number of hydrogen-bond acceptors (Lipinski definition) is 4. The third-order valence-corrected chi connectivity index (χ3v) is 3.38. The molecule has 2 aromatic carbocycles. The first-order valence-electron chi connectivity index (χ1n) is 5.71. The van der Waals surface area contributed by atoms with Crippen molar-refractivity contribution in [3.8, 4) is 11.5 Å². The summed E-state index contributed by atoms with van der Waals surface area (Å²) in [7, 11) is 1.49. The topological polar surface area (TPSA) is 53.8 Å². The van der Waals surface area contributed by atoms with Crippen LogP contribution >= 0.6 is 27.5 Å². The molecule has 0 aliphatic carbocycles. The molecular formula is C14H12BrClN2O2. The zero-order valence-corrected chi connectivity index (χ0v) is 12.9. The molecule has 0 radical (unpaired) electrons. The van der Waals surface area contributed by atoms with Gasteiger partial charge in [0.25, 0.3) is 0 Å². The lowest BCUT2D eigenvalue weighted by atomic mass is 10.2. The van der Waals surface area contributed by atoms with Crippen molar-refractivity contribution < 1.29 is 9.84 Å². The summed E-state index contributed by atoms with van der Waals surface area (Å²) in [4.78, 5) is 0. The highest BCUT2D eigenvalue weighted by atomic mass is 79.9. The predicted octanol–water partition coefficient (Wildman–Crippen LogP) is 4.26. The Morgan fingerprint density at radius 2 is 2.00 bits per heavy atom. The van der Waals surface area contributed by atoms with Crippen LogP contribution in [0.2, 0.25) is 5.02 Å². The van der Waals surface area contributed by atoms with Crippen molar-refractivity contribution in [1.82, 2.24) is 0 Å². The molecule has 0 heterocycles. The molecule has 0 fully saturated rings. The van der Waals surface area contributed by atoms with E-state index in [2.05, 4.69) is 26.5 Å². The molecular weight excluding hydrogens is 344 g/mol. The number of phenolic OH excluding ortho intramolecular Hbond substituents is 1. The first kappa shape index (κ1) is 14.7. The number of anilines is 1. The van der Waals surface area contributed by atoms with Crippen LogP contribution in [0.5, 0.6) is 11.5 Å². The molecule has 20 heavy (non-hydrogen) atoms. The summed E-state index contributed by atoms with van der Waals surface area (Å²) in [5.74, 6) is 0.447. The van der Waals surface area contributed by atoms with E-state index in [1.165, 1.54) is 7.11 Å². The quantitative estimate of drug-likeness (QED) is 0.636. The van der Waals surface area contributed by atoms with Crippen LogP contribution in [0.25, 0.3) is 0 Å². The molecule has 0 spiro atoms. The van der Waals surface area contributed by atoms with Crippen molar-refractivity contribution in [2.75, 3.05) is 12.5 Å². The molecule has 0 aliphatic rings. The molecule has 0 aliphatic heterocycles. The average molecular weight is 356 g/mol. The van der Waals surface area contributed by atoms with E-state index in [4.69, 9.17) is 16.3 Å². The molecule has 0 unspecified atom stereocenters. The second kappa shape index (κ2) is 6.63. The monoisotopic (exact) mass is 354 g/mol. The zero-order chi connectivity index (χ0) is 14.5. The van der Waals surface area contributed by atoms with E-state index in [1.807, 2.05) is 12.1 Å². The molecule has 0 saturated carbocycles. The van der Waals surface area contributed by atoms with Crippen LogP contribution in [0.3, 0.4) is 0 Å². The SMILES string of the molecule is COc1cc(/C=N/Nc2ccc(Cl)cc2)cc(Br)c1O. The maximum atomic E-state index is 9.71. The first-order valence-corrected chi connectivity index (χ1v) is 6.88. The summed E-state index contributed by atoms with van der Waals surface area (Å²) in [6, 6.07) is 10.6. The highest BCUT2D eigenvalue weighted by Gasteiger charge is 2.07. The molecule has 0 amide bonds. The first-order chi connectivity index (χ1) is 9.60. The third-order valence-electron chi connectivity index (χ3n) is 2.52. The van der Waals surface area contributed by atoms with Crippen molar-refractivity contribution in [3.63, 3.8) is 0 Å². The Kier molecular flexibility index (Phi) is 4.87. The van der Waals surface area contributed by atoms with Crippen molar-refractivity contribution in [1.29, 1.82) is 0 Å². The van der Waals surface area contributed by atoms with Gasteiger partial charge in [0.1, 0.15) is 0 Å². The van der Waals surface area contributed by atoms with E-state index >= 15 is 0 Å². The van der Waals surface area contributed by atoms with Crippen LogP contribution in [0.1, 0.15) is 5.56 Å². The van der Waals surface area contributed by atoms with Crippen molar-refractivity contribution in [3.05, 3.63) is 51.5 Å². The summed E-state index contributed by atoms with van der Waals surface area (Å²) in [5, 5.41) is 14.5. The largest absolute Gasteiger partial charge is 0.503 e. The molecule has 0 saturated heterocycles. The second-order valence-corrected chi connectivity index (χ2v) is 5.22. The normalized spacial score (nSPS) is 10.8. The summed E-state index contributed by atoms with van der Waals surface area (Å²) < 4.78 is 5.61. The highest BCUT2D eigenvalue weighted by Crippen LogP contribution is 2.34. The number of ether oxygens (including phenoxy) is 1. The van der Waals surface area contributed by atoms with E-state index in [0.29, 0.717) is 15.2 Å². The summed E-state index contributed by atoms with van der Waals surface area (Å²) >= 11 is 9.05. The van der Waals surface area contributed by atoms with Crippen LogP contribution in [-0.4, -0.2) is 18.4 Å². The minimum Gasteiger partial charge on any atom is -0.503 e. The lowest BCUT2D eigenvalue weighted by molar-refractivity contribution is 0.372. The molecule has 0 atom stereocenters. The predicted molar refractivity (Wildman–Crippen MR) is 85.0 cm³/mol. The second-order valence-electron chi connectivity index (χ2n) is 3.93. The number of methoxy groups -OCH3 is 1. The Labute approximate surface area is 130 Å². The van der Waals surface area contributed by atoms with Gasteiger partial charge in [0, 0.05) is 5.02 Å². The van der Waals surface area contributed by atoms with Gasteiger partial charge in [-0.1, -0.05) is 11.6 Å². The molecule has 0 aromatic heterocycles. The maximum Gasteiger partial charge on any atom is 0.172 e. The Morgan fingerprint density at radius 3 is 2.65 bits per heavy atom. The molecule has 0 bridgehead atoms. The van der Waals surface area contributed by atoms with Gasteiger partial charge >= 0.3 is 0 Å². The van der Waals surface area contributed by atoms with Gasteiger partial charge in [-0.2, -0.15) is 5.10 Å². The minimum absolute atomic E-state index is 0.0651. The van der Waals surface area contributed by atoms with Gasteiger partial charge in [0.05, 0.1) is 23.5 Å². The van der Waals surface area contributed by atoms with E-state index in [0.717, 1.165) is 11.3 Å². The number of nitrogens with one attached hydrogen (secondary N) is 1. The number of halogens is 2. The van der Waals surface area contributed by atoms with Crippen molar-refractivity contribution in [2.45, 2.75) is 0 Å². The highest BCUT2D eigenvalue weighted by molar-refractivity contribution is 9.10. The van der Waals surface area contributed by atoms with Crippen LogP contribution < -0.4 is 10.2 Å². The fourth-order valence-corrected chi connectivity index (χ4v) is 2.12. The van der Waals surface area contributed by atoms with Gasteiger partial charge in [-0.25, -0.2) is 0 Å². The minimum atomic E-state index is 0.0651. The van der Waals surface area contributed by atoms with Gasteiger partial charge in [-0.3, -0.25) is 5.43 Å². The van der Waals surface area contributed by atoms with E-state index in [1.54, 1.807) is 30.5 Å². The van der Waals surface area contributed by atoms with Crippen LogP contribution in [0, 0.1) is 0 Å². The molecule has 2 N–H and O–H groups in total. The van der Waals surface area contributed by atoms with Crippen LogP contribution in [-0.2, 0) is 0 Å². The molecule has 2 aromatic rings. The van der Waals surface area contributed by atoms with Crippen molar-refractivity contribution >= 4 is 39.4 Å². The Balaban J connectivity index is 2.11. The zero-order valence-electron chi connectivity index (χ0n) is 10.6. The Morgan fingerprint density at radius 1 is 1.30 bits per heavy atom. The van der Waals surface area contributed by atoms with Gasteiger partial charge in [-0.05, 0) is 57.9 Å². The lowest BCUT2D eigenvalue weighted by Crippen LogP contribution is -1.92. The Hall–Kier alpha value is -1.72. The summed E-state index contributed by atoms with van der Waals surface area (Å²) in [5.41, 5.74) is 4.50. The molecule has 2 rings (SSSR count). The lowest BCUT2D eigenvalue weighted by Gasteiger charge is -2.06. The fraction of sp³-hybridized carbons (Fsp3) is 0.0714. The standard InChI is InChI=1S/C14H12BrClN2O2/c1-20-13-7-9(6-12(15)14(13)19)8-17-18-11-4-2-10(16)3-5-11/h2-8,18-19H,1H3/b17-8+. The van der Waals surface area contributed by atoms with Gasteiger partial charge in [-0.15, -0.1) is 0 Å². The van der Waals surface area contributed by atoms with Crippen LogP contribution in [0.4, 0.5) is 5.69 Å². The molecule has 104 valence electrons. The van der Waals surface area contributed by atoms with Crippen molar-refractivity contribution in [2.24, 2.45) is 5.10 Å². The maximum absolute atomic E-state index is 9.71. The number of hydrazone groups is 1. The number of hydrogen-bond donors (Lipinski definition) is 2. The number of phenols is 1. The van der Waals surface area contributed by atoms with E-state index < -0.39 is 0 Å². The van der Waals surface area contributed by atoms with Gasteiger partial charge in [0.15, 0.2) is 11.5 Å². The summed E-state index contributed by atoms with van der Waals surface area (Å²) in [6.07, 6.45) is 1.63.